The number of nitrogens with zero attached hydrogens (tertiary/aromatic N) is 1. The van der Waals surface area contributed by atoms with Gasteiger partial charge in [-0.1, -0.05) is 11.6 Å². The number of rotatable bonds is 5. The third kappa shape index (κ3) is 4.95. The van der Waals surface area contributed by atoms with E-state index in [1.165, 1.54) is 0 Å². The van der Waals surface area contributed by atoms with E-state index < -0.39 is 5.91 Å². The topological polar surface area (TPSA) is 46.5 Å². The fraction of sp³-hybridized carbons (Fsp3) is 0.300. The molecule has 0 aliphatic heterocycles. The van der Waals surface area contributed by atoms with Gasteiger partial charge in [0.05, 0.1) is 0 Å². The van der Waals surface area contributed by atoms with E-state index in [4.69, 9.17) is 11.6 Å². The molecule has 1 aromatic rings. The molecule has 0 aliphatic rings. The quantitative estimate of drug-likeness (QED) is 0.452. The Labute approximate surface area is 97.2 Å². The smallest absolute Gasteiger partial charge is 0.269 e. The summed E-state index contributed by atoms with van der Waals surface area (Å²) in [5, 5.41) is 3.04. The van der Waals surface area contributed by atoms with E-state index in [-0.39, 0.29) is 6.42 Å². The third-order valence-corrected chi connectivity index (χ3v) is 3.07. The largest absolute Gasteiger partial charge is 0.286 e. The van der Waals surface area contributed by atoms with Crippen LogP contribution in [0.15, 0.2) is 34.3 Å². The van der Waals surface area contributed by atoms with Gasteiger partial charge in [0.2, 0.25) is 0 Å². The van der Waals surface area contributed by atoms with Gasteiger partial charge in [0.15, 0.2) is 0 Å². The molecule has 0 radical (unpaired) electrons. The van der Waals surface area contributed by atoms with Crippen molar-refractivity contribution in [1.82, 2.24) is 0 Å². The lowest BCUT2D eigenvalue weighted by Gasteiger charge is -1.99. The first-order valence-corrected chi connectivity index (χ1v) is 5.83. The average molecular weight is 244 g/mol. The van der Waals surface area contributed by atoms with Gasteiger partial charge in [0, 0.05) is 21.5 Å². The summed E-state index contributed by atoms with van der Waals surface area (Å²) in [6.45, 7) is 0. The minimum Gasteiger partial charge on any atom is -0.269 e. The van der Waals surface area contributed by atoms with Gasteiger partial charge in [-0.2, -0.15) is 0 Å². The van der Waals surface area contributed by atoms with Crippen LogP contribution in [-0.2, 0) is 4.79 Å². The van der Waals surface area contributed by atoms with Crippen LogP contribution in [0, 0.1) is 4.91 Å². The van der Waals surface area contributed by atoms with Crippen LogP contribution in [0.2, 0.25) is 5.02 Å². The zero-order valence-electron chi connectivity index (χ0n) is 7.98. The van der Waals surface area contributed by atoms with Gasteiger partial charge < -0.3 is 0 Å². The van der Waals surface area contributed by atoms with Gasteiger partial charge in [-0.25, -0.2) is 0 Å². The molecular weight excluding hydrogens is 234 g/mol. The number of halogens is 1. The van der Waals surface area contributed by atoms with Gasteiger partial charge in [0.1, 0.15) is 0 Å². The Morgan fingerprint density at radius 1 is 1.33 bits per heavy atom. The minimum absolute atomic E-state index is 0.226. The molecule has 0 fully saturated rings. The van der Waals surface area contributed by atoms with Crippen LogP contribution in [0.3, 0.4) is 0 Å². The van der Waals surface area contributed by atoms with Crippen molar-refractivity contribution in [3.05, 3.63) is 34.2 Å². The van der Waals surface area contributed by atoms with Crippen LogP contribution >= 0.6 is 23.4 Å². The standard InChI is InChI=1S/C10H10ClNO2S/c11-8-3-5-9(6-4-8)15-7-1-2-10(13)12-14/h3-6H,1-2,7H2. The predicted molar refractivity (Wildman–Crippen MR) is 62.2 cm³/mol. The van der Waals surface area contributed by atoms with E-state index in [0.29, 0.717) is 11.4 Å². The molecule has 0 saturated heterocycles. The number of carbonyl (C=O) groups excluding carboxylic acids is 1. The number of hydrogen-bond acceptors (Lipinski definition) is 3. The van der Waals surface area contributed by atoms with Gasteiger partial charge in [0.25, 0.3) is 5.91 Å². The highest BCUT2D eigenvalue weighted by atomic mass is 35.5. The zero-order chi connectivity index (χ0) is 11.1. The molecule has 3 nitrogen and oxygen atoms in total. The molecule has 0 N–H and O–H groups in total. The van der Waals surface area contributed by atoms with Crippen LogP contribution in [0.25, 0.3) is 0 Å². The molecule has 15 heavy (non-hydrogen) atoms. The van der Waals surface area contributed by atoms with Crippen molar-refractivity contribution >= 4 is 29.3 Å². The highest BCUT2D eigenvalue weighted by Crippen LogP contribution is 2.21. The molecule has 0 unspecified atom stereocenters. The fourth-order valence-electron chi connectivity index (χ4n) is 0.990. The number of benzene rings is 1. The van der Waals surface area contributed by atoms with Gasteiger partial charge in [-0.05, 0) is 36.4 Å². The average Bonchev–Trinajstić information content (AvgIpc) is 2.26. The Morgan fingerprint density at radius 3 is 2.60 bits per heavy atom. The summed E-state index contributed by atoms with van der Waals surface area (Å²) in [6.07, 6.45) is 0.891. The molecule has 1 aromatic carbocycles. The van der Waals surface area contributed by atoms with Crippen molar-refractivity contribution in [3.63, 3.8) is 0 Å². The van der Waals surface area contributed by atoms with E-state index in [1.54, 1.807) is 11.8 Å². The lowest BCUT2D eigenvalue weighted by atomic mass is 10.3. The lowest BCUT2D eigenvalue weighted by Crippen LogP contribution is -1.92. The normalized spacial score (nSPS) is 9.93. The first-order chi connectivity index (χ1) is 7.22. The van der Waals surface area contributed by atoms with Crippen LogP contribution in [0.5, 0.6) is 0 Å². The first-order valence-electron chi connectivity index (χ1n) is 4.47. The summed E-state index contributed by atoms with van der Waals surface area (Å²) < 4.78 is 0. The van der Waals surface area contributed by atoms with Crippen molar-refractivity contribution in [3.8, 4) is 0 Å². The highest BCUT2D eigenvalue weighted by Gasteiger charge is 2.00. The molecule has 1 rings (SSSR count). The molecule has 0 heterocycles. The second-order valence-corrected chi connectivity index (χ2v) is 4.50. The Hall–Kier alpha value is -0.870. The van der Waals surface area contributed by atoms with E-state index in [1.807, 2.05) is 24.3 Å². The molecule has 0 aliphatic carbocycles. The molecule has 0 spiro atoms. The van der Waals surface area contributed by atoms with E-state index in [9.17, 15) is 9.70 Å². The number of amides is 1. The second kappa shape index (κ2) is 6.58. The van der Waals surface area contributed by atoms with Crippen molar-refractivity contribution in [2.75, 3.05) is 5.75 Å². The Morgan fingerprint density at radius 2 is 2.00 bits per heavy atom. The minimum atomic E-state index is -0.577. The summed E-state index contributed by atoms with van der Waals surface area (Å²) in [4.78, 5) is 21.5. The van der Waals surface area contributed by atoms with Crippen molar-refractivity contribution in [1.29, 1.82) is 0 Å². The van der Waals surface area contributed by atoms with Gasteiger partial charge in [-0.15, -0.1) is 16.7 Å². The van der Waals surface area contributed by atoms with Crippen molar-refractivity contribution < 1.29 is 4.79 Å². The molecule has 0 bridgehead atoms. The predicted octanol–water partition coefficient (Wildman–Crippen LogP) is 3.51. The molecule has 0 atom stereocenters. The van der Waals surface area contributed by atoms with Crippen molar-refractivity contribution in [2.45, 2.75) is 17.7 Å². The summed E-state index contributed by atoms with van der Waals surface area (Å²) in [7, 11) is 0. The van der Waals surface area contributed by atoms with Gasteiger partial charge in [-0.3, -0.25) is 4.79 Å². The van der Waals surface area contributed by atoms with E-state index in [2.05, 4.69) is 5.18 Å². The number of hydrogen-bond donors (Lipinski definition) is 0. The van der Waals surface area contributed by atoms with Gasteiger partial charge >= 0.3 is 0 Å². The maximum Gasteiger partial charge on any atom is 0.286 e. The maximum atomic E-state index is 10.6. The molecule has 80 valence electrons. The number of carbonyl (C=O) groups is 1. The molecule has 5 heteroatoms. The second-order valence-electron chi connectivity index (χ2n) is 2.89. The SMILES string of the molecule is O=NC(=O)CCCSc1ccc(Cl)cc1. The zero-order valence-corrected chi connectivity index (χ0v) is 9.55. The van der Waals surface area contributed by atoms with E-state index >= 15 is 0 Å². The van der Waals surface area contributed by atoms with Crippen LogP contribution in [-0.4, -0.2) is 11.7 Å². The third-order valence-electron chi connectivity index (χ3n) is 1.72. The molecule has 0 aromatic heterocycles. The molecule has 0 saturated carbocycles. The maximum absolute atomic E-state index is 10.6. The fourth-order valence-corrected chi connectivity index (χ4v) is 1.97. The monoisotopic (exact) mass is 243 g/mol. The van der Waals surface area contributed by atoms with Crippen LogP contribution in [0.4, 0.5) is 0 Å². The Balaban J connectivity index is 2.23. The first kappa shape index (κ1) is 12.2. The van der Waals surface area contributed by atoms with E-state index in [0.717, 1.165) is 10.6 Å². The van der Waals surface area contributed by atoms with Crippen molar-refractivity contribution in [2.24, 2.45) is 5.18 Å². The summed E-state index contributed by atoms with van der Waals surface area (Å²) in [5.74, 6) is 0.217. The molecular formula is C10H10ClNO2S. The van der Waals surface area contributed by atoms with Crippen LogP contribution in [0.1, 0.15) is 12.8 Å². The lowest BCUT2D eigenvalue weighted by molar-refractivity contribution is -0.117. The summed E-state index contributed by atoms with van der Waals surface area (Å²) >= 11 is 7.36. The molecule has 1 amide bonds. The number of nitroso groups, excluding NO2 is 1. The summed E-state index contributed by atoms with van der Waals surface area (Å²) in [5.41, 5.74) is 0. The summed E-state index contributed by atoms with van der Waals surface area (Å²) in [6, 6.07) is 7.49. The Bertz CT molecular complexity index is 340. The van der Waals surface area contributed by atoms with Crippen LogP contribution < -0.4 is 0 Å². The number of thioether (sulfide) groups is 1. The Kier molecular flexibility index (Phi) is 5.36. The highest BCUT2D eigenvalue weighted by molar-refractivity contribution is 7.99.